The molecule has 1 amide bonds. The molecule has 0 atom stereocenters. The third-order valence-electron chi connectivity index (χ3n) is 4.17. The number of aromatic nitrogens is 2. The Morgan fingerprint density at radius 2 is 2.09 bits per heavy atom. The van der Waals surface area contributed by atoms with Crippen molar-refractivity contribution in [3.63, 3.8) is 0 Å². The van der Waals surface area contributed by atoms with Gasteiger partial charge in [-0.15, -0.1) is 0 Å². The number of ether oxygens (including phenoxy) is 1. The van der Waals surface area contributed by atoms with E-state index in [2.05, 4.69) is 35.1 Å². The van der Waals surface area contributed by atoms with E-state index in [1.807, 2.05) is 0 Å². The van der Waals surface area contributed by atoms with Crippen LogP contribution in [0.2, 0.25) is 0 Å². The molecule has 2 heterocycles. The number of aryl methyl sites for hydroxylation is 1. The summed E-state index contributed by atoms with van der Waals surface area (Å²) in [5.41, 5.74) is 9.42. The van der Waals surface area contributed by atoms with Crippen molar-refractivity contribution in [1.29, 1.82) is 0 Å². The van der Waals surface area contributed by atoms with E-state index in [9.17, 15) is 4.79 Å². The lowest BCUT2D eigenvalue weighted by Gasteiger charge is -2.26. The van der Waals surface area contributed by atoms with Crippen molar-refractivity contribution in [3.05, 3.63) is 52.8 Å². The highest BCUT2D eigenvalue weighted by Gasteiger charge is 2.11. The first-order valence-corrected chi connectivity index (χ1v) is 7.82. The van der Waals surface area contributed by atoms with Crippen LogP contribution in [-0.4, -0.2) is 46.9 Å². The SMILES string of the molecule is Cc1cc(CN2CCOCC2)ccc1Cn1cc(C(N)=O)cn1. The van der Waals surface area contributed by atoms with E-state index in [-0.39, 0.29) is 0 Å². The second-order valence-corrected chi connectivity index (χ2v) is 5.94. The van der Waals surface area contributed by atoms with Crippen LogP contribution in [-0.2, 0) is 17.8 Å². The van der Waals surface area contributed by atoms with E-state index in [0.717, 1.165) is 32.8 Å². The molecule has 1 aromatic carbocycles. The van der Waals surface area contributed by atoms with Gasteiger partial charge in [0.05, 0.1) is 31.5 Å². The second-order valence-electron chi connectivity index (χ2n) is 5.94. The van der Waals surface area contributed by atoms with E-state index in [4.69, 9.17) is 10.5 Å². The molecule has 122 valence electrons. The standard InChI is InChI=1S/C17H22N4O2/c1-13-8-14(10-20-4-6-23-7-5-20)2-3-15(13)11-21-12-16(9-19-21)17(18)22/h2-3,8-9,12H,4-7,10-11H2,1H3,(H2,18,22). The summed E-state index contributed by atoms with van der Waals surface area (Å²) in [4.78, 5) is 13.5. The average Bonchev–Trinajstić information content (AvgIpc) is 3.00. The van der Waals surface area contributed by atoms with Crippen LogP contribution in [0.25, 0.3) is 0 Å². The van der Waals surface area contributed by atoms with Gasteiger partial charge in [-0.2, -0.15) is 5.10 Å². The van der Waals surface area contributed by atoms with Gasteiger partial charge in [0.25, 0.3) is 5.91 Å². The predicted molar refractivity (Wildman–Crippen MR) is 87.1 cm³/mol. The number of amides is 1. The largest absolute Gasteiger partial charge is 0.379 e. The number of hydrogen-bond donors (Lipinski definition) is 1. The maximum absolute atomic E-state index is 11.1. The Hall–Kier alpha value is -2.18. The van der Waals surface area contributed by atoms with E-state index >= 15 is 0 Å². The normalized spacial score (nSPS) is 15.7. The van der Waals surface area contributed by atoms with Crippen molar-refractivity contribution >= 4 is 5.91 Å². The number of carbonyl (C=O) groups excluding carboxylic acids is 1. The molecule has 0 unspecified atom stereocenters. The van der Waals surface area contributed by atoms with Gasteiger partial charge in [0.15, 0.2) is 0 Å². The van der Waals surface area contributed by atoms with Gasteiger partial charge in [-0.05, 0) is 23.6 Å². The molecule has 0 saturated carbocycles. The number of rotatable bonds is 5. The summed E-state index contributed by atoms with van der Waals surface area (Å²) < 4.78 is 7.12. The maximum atomic E-state index is 11.1. The van der Waals surface area contributed by atoms with E-state index < -0.39 is 5.91 Å². The number of nitrogens with zero attached hydrogens (tertiary/aromatic N) is 3. The van der Waals surface area contributed by atoms with Crippen LogP contribution < -0.4 is 5.73 Å². The van der Waals surface area contributed by atoms with E-state index in [1.165, 1.54) is 22.9 Å². The summed E-state index contributed by atoms with van der Waals surface area (Å²) in [6.45, 7) is 7.32. The predicted octanol–water partition coefficient (Wildman–Crippen LogP) is 1.17. The van der Waals surface area contributed by atoms with Crippen LogP contribution in [0.15, 0.2) is 30.6 Å². The van der Waals surface area contributed by atoms with Crippen LogP contribution in [0.4, 0.5) is 0 Å². The first kappa shape index (κ1) is 15.7. The first-order chi connectivity index (χ1) is 11.1. The Morgan fingerprint density at radius 3 is 2.74 bits per heavy atom. The molecule has 6 heteroatoms. The molecule has 6 nitrogen and oxygen atoms in total. The summed E-state index contributed by atoms with van der Waals surface area (Å²) in [5, 5.41) is 4.18. The molecular weight excluding hydrogens is 292 g/mol. The van der Waals surface area contributed by atoms with E-state index in [0.29, 0.717) is 12.1 Å². The molecule has 1 aliphatic heterocycles. The third-order valence-corrected chi connectivity index (χ3v) is 4.17. The number of morpholine rings is 1. The zero-order valence-corrected chi connectivity index (χ0v) is 13.4. The van der Waals surface area contributed by atoms with Gasteiger partial charge >= 0.3 is 0 Å². The molecule has 0 bridgehead atoms. The lowest BCUT2D eigenvalue weighted by atomic mass is 10.0. The number of carbonyl (C=O) groups is 1. The minimum Gasteiger partial charge on any atom is -0.379 e. The minimum atomic E-state index is -0.450. The summed E-state index contributed by atoms with van der Waals surface area (Å²) in [6, 6.07) is 6.52. The highest BCUT2D eigenvalue weighted by Crippen LogP contribution is 2.15. The van der Waals surface area contributed by atoms with Crippen LogP contribution in [0.3, 0.4) is 0 Å². The molecule has 1 saturated heterocycles. The fourth-order valence-corrected chi connectivity index (χ4v) is 2.80. The summed E-state index contributed by atoms with van der Waals surface area (Å²) in [6.07, 6.45) is 3.19. The molecule has 0 aliphatic carbocycles. The van der Waals surface area contributed by atoms with Gasteiger partial charge in [0.2, 0.25) is 0 Å². The fraction of sp³-hybridized carbons (Fsp3) is 0.412. The maximum Gasteiger partial charge on any atom is 0.251 e. The molecule has 23 heavy (non-hydrogen) atoms. The monoisotopic (exact) mass is 314 g/mol. The Bertz CT molecular complexity index is 690. The average molecular weight is 314 g/mol. The van der Waals surface area contributed by atoms with Gasteiger partial charge in [0.1, 0.15) is 0 Å². The zero-order valence-electron chi connectivity index (χ0n) is 13.4. The molecule has 1 aliphatic rings. The third kappa shape index (κ3) is 3.97. The van der Waals surface area contributed by atoms with Crippen molar-refractivity contribution in [3.8, 4) is 0 Å². The van der Waals surface area contributed by atoms with Gasteiger partial charge < -0.3 is 10.5 Å². The molecule has 0 spiro atoms. The molecule has 2 N–H and O–H groups in total. The summed E-state index contributed by atoms with van der Waals surface area (Å²) in [7, 11) is 0. The molecule has 1 fully saturated rings. The van der Waals surface area contributed by atoms with Crippen molar-refractivity contribution in [2.45, 2.75) is 20.0 Å². The summed E-state index contributed by atoms with van der Waals surface area (Å²) in [5.74, 6) is -0.450. The number of benzene rings is 1. The Labute approximate surface area is 135 Å². The number of hydrogen-bond acceptors (Lipinski definition) is 4. The quantitative estimate of drug-likeness (QED) is 0.899. The van der Waals surface area contributed by atoms with Crippen LogP contribution in [0.5, 0.6) is 0 Å². The van der Waals surface area contributed by atoms with Crippen LogP contribution in [0, 0.1) is 6.92 Å². The van der Waals surface area contributed by atoms with Crippen molar-refractivity contribution in [2.75, 3.05) is 26.3 Å². The molecular formula is C17H22N4O2. The Morgan fingerprint density at radius 1 is 1.30 bits per heavy atom. The highest BCUT2D eigenvalue weighted by atomic mass is 16.5. The van der Waals surface area contributed by atoms with Crippen LogP contribution in [0.1, 0.15) is 27.0 Å². The van der Waals surface area contributed by atoms with Crippen molar-refractivity contribution < 1.29 is 9.53 Å². The minimum absolute atomic E-state index is 0.437. The fourth-order valence-electron chi connectivity index (χ4n) is 2.80. The number of nitrogens with two attached hydrogens (primary N) is 1. The molecule has 2 aromatic rings. The Balaban J connectivity index is 1.67. The molecule has 3 rings (SSSR count). The van der Waals surface area contributed by atoms with Gasteiger partial charge in [-0.25, -0.2) is 0 Å². The van der Waals surface area contributed by atoms with Crippen LogP contribution >= 0.6 is 0 Å². The van der Waals surface area contributed by atoms with Gasteiger partial charge in [0, 0.05) is 25.8 Å². The highest BCUT2D eigenvalue weighted by molar-refractivity contribution is 5.92. The second kappa shape index (κ2) is 6.93. The molecule has 0 radical (unpaired) electrons. The first-order valence-electron chi connectivity index (χ1n) is 7.82. The van der Waals surface area contributed by atoms with Gasteiger partial charge in [-0.1, -0.05) is 18.2 Å². The lowest BCUT2D eigenvalue weighted by Crippen LogP contribution is -2.35. The zero-order chi connectivity index (χ0) is 16.2. The number of primary amides is 1. The van der Waals surface area contributed by atoms with Gasteiger partial charge in [-0.3, -0.25) is 14.4 Å². The van der Waals surface area contributed by atoms with E-state index in [1.54, 1.807) is 10.9 Å². The van der Waals surface area contributed by atoms with Crippen molar-refractivity contribution in [1.82, 2.24) is 14.7 Å². The lowest BCUT2D eigenvalue weighted by molar-refractivity contribution is 0.0342. The Kier molecular flexibility index (Phi) is 4.73. The smallest absolute Gasteiger partial charge is 0.251 e. The topological polar surface area (TPSA) is 73.4 Å². The van der Waals surface area contributed by atoms with Crippen molar-refractivity contribution in [2.24, 2.45) is 5.73 Å². The molecule has 1 aromatic heterocycles. The summed E-state index contributed by atoms with van der Waals surface area (Å²) >= 11 is 0.